The number of ether oxygens (including phenoxy) is 1. The lowest BCUT2D eigenvalue weighted by molar-refractivity contribution is -0.0404. The van der Waals surface area contributed by atoms with Crippen LogP contribution in [0.3, 0.4) is 0 Å². The molecule has 104 valence electrons. The number of rotatable bonds is 2. The molecule has 0 unspecified atom stereocenters. The lowest BCUT2D eigenvalue weighted by atomic mass is 9.74. The molecule has 1 aliphatic carbocycles. The molecular formula is C17H25NO. The van der Waals surface area contributed by atoms with Crippen LogP contribution in [0.4, 0.5) is 0 Å². The van der Waals surface area contributed by atoms with Crippen LogP contribution in [0.5, 0.6) is 0 Å². The van der Waals surface area contributed by atoms with E-state index in [0.717, 1.165) is 26.3 Å². The van der Waals surface area contributed by atoms with E-state index in [1.807, 2.05) is 0 Å². The Morgan fingerprint density at radius 2 is 1.79 bits per heavy atom. The molecule has 1 saturated carbocycles. The van der Waals surface area contributed by atoms with Crippen molar-refractivity contribution in [2.75, 3.05) is 26.3 Å². The third-order valence-corrected chi connectivity index (χ3v) is 4.85. The van der Waals surface area contributed by atoms with Crippen LogP contribution in [-0.4, -0.2) is 31.2 Å². The molecule has 0 bridgehead atoms. The van der Waals surface area contributed by atoms with Crippen molar-refractivity contribution in [3.63, 3.8) is 0 Å². The quantitative estimate of drug-likeness (QED) is 0.806. The van der Waals surface area contributed by atoms with Gasteiger partial charge in [0.2, 0.25) is 0 Å². The molecule has 19 heavy (non-hydrogen) atoms. The minimum absolute atomic E-state index is 0.286. The Labute approximate surface area is 116 Å². The fraction of sp³-hybridized carbons (Fsp3) is 0.647. The fourth-order valence-electron chi connectivity index (χ4n) is 3.85. The van der Waals surface area contributed by atoms with Crippen molar-refractivity contribution in [2.45, 2.75) is 44.6 Å². The Morgan fingerprint density at radius 1 is 1.05 bits per heavy atom. The van der Waals surface area contributed by atoms with E-state index in [9.17, 15) is 0 Å². The second-order valence-electron chi connectivity index (χ2n) is 6.06. The van der Waals surface area contributed by atoms with E-state index in [0.29, 0.717) is 0 Å². The summed E-state index contributed by atoms with van der Waals surface area (Å²) in [5, 5.41) is 0. The second kappa shape index (κ2) is 5.64. The van der Waals surface area contributed by atoms with Crippen LogP contribution in [0.1, 0.15) is 43.2 Å². The van der Waals surface area contributed by atoms with Crippen LogP contribution in [0.15, 0.2) is 24.3 Å². The topological polar surface area (TPSA) is 12.5 Å². The summed E-state index contributed by atoms with van der Waals surface area (Å²) in [5.41, 5.74) is 3.21. The van der Waals surface area contributed by atoms with Gasteiger partial charge in [-0.05, 0) is 25.3 Å². The first-order valence-corrected chi connectivity index (χ1v) is 7.71. The first kappa shape index (κ1) is 13.1. The van der Waals surface area contributed by atoms with Crippen molar-refractivity contribution in [2.24, 2.45) is 0 Å². The highest BCUT2D eigenvalue weighted by Crippen LogP contribution is 2.42. The molecule has 0 atom stereocenters. The lowest BCUT2D eigenvalue weighted by Crippen LogP contribution is -2.52. The largest absolute Gasteiger partial charge is 0.379 e. The zero-order valence-electron chi connectivity index (χ0n) is 12.0. The minimum Gasteiger partial charge on any atom is -0.379 e. The number of hydrogen-bond donors (Lipinski definition) is 0. The minimum atomic E-state index is 0.286. The molecule has 1 aliphatic heterocycles. The Bertz CT molecular complexity index is 417. The first-order valence-electron chi connectivity index (χ1n) is 7.71. The van der Waals surface area contributed by atoms with Gasteiger partial charge < -0.3 is 4.74 Å². The van der Waals surface area contributed by atoms with Gasteiger partial charge in [0.05, 0.1) is 13.2 Å². The maximum Gasteiger partial charge on any atom is 0.0594 e. The van der Waals surface area contributed by atoms with E-state index in [1.54, 1.807) is 0 Å². The summed E-state index contributed by atoms with van der Waals surface area (Å²) < 4.78 is 5.55. The Kier molecular flexibility index (Phi) is 3.90. The molecule has 1 heterocycles. The number of benzene rings is 1. The average Bonchev–Trinajstić information content (AvgIpc) is 2.49. The Morgan fingerprint density at radius 3 is 2.47 bits per heavy atom. The summed E-state index contributed by atoms with van der Waals surface area (Å²) in [6.07, 6.45) is 6.77. The van der Waals surface area contributed by atoms with E-state index < -0.39 is 0 Å². The van der Waals surface area contributed by atoms with Crippen LogP contribution in [0.25, 0.3) is 0 Å². The molecule has 3 rings (SSSR count). The Hall–Kier alpha value is -0.860. The van der Waals surface area contributed by atoms with Gasteiger partial charge in [-0.1, -0.05) is 49.1 Å². The monoisotopic (exact) mass is 259 g/mol. The summed E-state index contributed by atoms with van der Waals surface area (Å²) in [6, 6.07) is 9.18. The van der Waals surface area contributed by atoms with Gasteiger partial charge in [0.25, 0.3) is 0 Å². The molecule has 0 amide bonds. The summed E-state index contributed by atoms with van der Waals surface area (Å²) in [7, 11) is 0. The van der Waals surface area contributed by atoms with Gasteiger partial charge in [-0.2, -0.15) is 0 Å². The summed E-state index contributed by atoms with van der Waals surface area (Å²) >= 11 is 0. The predicted molar refractivity (Wildman–Crippen MR) is 78.3 cm³/mol. The highest BCUT2D eigenvalue weighted by atomic mass is 16.5. The third-order valence-electron chi connectivity index (χ3n) is 4.85. The van der Waals surface area contributed by atoms with E-state index in [2.05, 4.69) is 36.1 Å². The van der Waals surface area contributed by atoms with Crippen molar-refractivity contribution in [1.29, 1.82) is 0 Å². The Balaban J connectivity index is 1.95. The molecule has 1 saturated heterocycles. The van der Waals surface area contributed by atoms with Crippen LogP contribution >= 0.6 is 0 Å². The molecule has 2 heteroatoms. The van der Waals surface area contributed by atoms with Gasteiger partial charge in [-0.15, -0.1) is 0 Å². The molecule has 1 aromatic rings. The molecule has 0 spiro atoms. The molecule has 2 fully saturated rings. The number of morpholine rings is 1. The SMILES string of the molecule is Cc1cccc(C2(N3CCOCC3)CCCCC2)c1. The highest BCUT2D eigenvalue weighted by molar-refractivity contribution is 5.30. The van der Waals surface area contributed by atoms with E-state index in [-0.39, 0.29) is 5.54 Å². The summed E-state index contributed by atoms with van der Waals surface area (Å²) in [4.78, 5) is 2.70. The van der Waals surface area contributed by atoms with Gasteiger partial charge >= 0.3 is 0 Å². The molecular weight excluding hydrogens is 234 g/mol. The normalized spacial score (nSPS) is 24.3. The van der Waals surface area contributed by atoms with Gasteiger partial charge in [-0.3, -0.25) is 4.90 Å². The van der Waals surface area contributed by atoms with Gasteiger partial charge in [-0.25, -0.2) is 0 Å². The molecule has 0 N–H and O–H groups in total. The van der Waals surface area contributed by atoms with E-state index >= 15 is 0 Å². The zero-order valence-corrected chi connectivity index (χ0v) is 12.0. The second-order valence-corrected chi connectivity index (χ2v) is 6.06. The van der Waals surface area contributed by atoms with E-state index in [4.69, 9.17) is 4.74 Å². The van der Waals surface area contributed by atoms with Crippen molar-refractivity contribution in [3.05, 3.63) is 35.4 Å². The number of hydrogen-bond acceptors (Lipinski definition) is 2. The standard InChI is InChI=1S/C17H25NO/c1-15-6-5-7-16(14-15)17(8-3-2-4-9-17)18-10-12-19-13-11-18/h5-7,14H,2-4,8-13H2,1H3. The van der Waals surface area contributed by atoms with Crippen LogP contribution in [0, 0.1) is 6.92 Å². The van der Waals surface area contributed by atoms with Gasteiger partial charge in [0.1, 0.15) is 0 Å². The van der Waals surface area contributed by atoms with Crippen molar-refractivity contribution in [1.82, 2.24) is 4.90 Å². The number of nitrogens with zero attached hydrogens (tertiary/aromatic N) is 1. The van der Waals surface area contributed by atoms with Gasteiger partial charge in [0.15, 0.2) is 0 Å². The predicted octanol–water partition coefficient (Wildman–Crippen LogP) is 3.49. The maximum atomic E-state index is 5.55. The maximum absolute atomic E-state index is 5.55. The van der Waals surface area contributed by atoms with Crippen LogP contribution in [-0.2, 0) is 10.3 Å². The highest BCUT2D eigenvalue weighted by Gasteiger charge is 2.39. The number of aryl methyl sites for hydroxylation is 1. The molecule has 2 nitrogen and oxygen atoms in total. The average molecular weight is 259 g/mol. The van der Waals surface area contributed by atoms with Crippen molar-refractivity contribution >= 4 is 0 Å². The lowest BCUT2D eigenvalue weighted by Gasteiger charge is -2.48. The van der Waals surface area contributed by atoms with Crippen LogP contribution < -0.4 is 0 Å². The van der Waals surface area contributed by atoms with Crippen LogP contribution in [0.2, 0.25) is 0 Å². The fourth-order valence-corrected chi connectivity index (χ4v) is 3.85. The molecule has 1 aromatic carbocycles. The van der Waals surface area contributed by atoms with Crippen molar-refractivity contribution < 1.29 is 4.74 Å². The van der Waals surface area contributed by atoms with Gasteiger partial charge in [0, 0.05) is 18.6 Å². The zero-order chi connectivity index (χ0) is 13.1. The molecule has 0 aromatic heterocycles. The molecule has 0 radical (unpaired) electrons. The summed E-state index contributed by atoms with van der Waals surface area (Å²) in [6.45, 7) is 6.18. The molecule has 2 aliphatic rings. The first-order chi connectivity index (χ1) is 9.31. The van der Waals surface area contributed by atoms with Crippen molar-refractivity contribution in [3.8, 4) is 0 Å². The smallest absolute Gasteiger partial charge is 0.0594 e. The third kappa shape index (κ3) is 2.56. The van der Waals surface area contributed by atoms with E-state index in [1.165, 1.54) is 43.2 Å². The summed E-state index contributed by atoms with van der Waals surface area (Å²) in [5.74, 6) is 0.